The lowest BCUT2D eigenvalue weighted by Crippen LogP contribution is -2.34. The second-order valence-corrected chi connectivity index (χ2v) is 5.66. The van der Waals surface area contributed by atoms with E-state index in [1.54, 1.807) is 26.8 Å². The Bertz CT molecular complexity index is 496. The highest BCUT2D eigenvalue weighted by Gasteiger charge is 2.27. The molecule has 4 nitrogen and oxygen atoms in total. The largest absolute Gasteiger partial charge is 0.443 e. The van der Waals surface area contributed by atoms with Gasteiger partial charge in [0.1, 0.15) is 5.60 Å². The Balaban J connectivity index is 2.77. The number of anilines is 1. The molecule has 0 aliphatic rings. The molecule has 118 valence electrons. The smallest absolute Gasteiger partial charge is 0.414 e. The number of aromatic nitrogens is 1. The average Bonchev–Trinajstić information content (AvgIpc) is 2.33. The third-order valence-electron chi connectivity index (χ3n) is 2.52. The Morgan fingerprint density at radius 3 is 2.48 bits per heavy atom. The standard InChI is InChI=1S/C14H19F3N2O2/c1-13(2,3)21-12(20)19(4)11-6-8-18-10(9-11)5-7-14(15,16)17/h6,8-9H,5,7H2,1-4H3. The summed E-state index contributed by atoms with van der Waals surface area (Å²) in [6.07, 6.45) is -4.59. The van der Waals surface area contributed by atoms with Crippen LogP contribution in [-0.2, 0) is 11.2 Å². The lowest BCUT2D eigenvalue weighted by Gasteiger charge is -2.24. The van der Waals surface area contributed by atoms with Crippen LogP contribution in [0.1, 0.15) is 32.9 Å². The van der Waals surface area contributed by atoms with Gasteiger partial charge in [-0.3, -0.25) is 9.88 Å². The Kier molecular flexibility index (Phi) is 5.20. The molecule has 0 aliphatic heterocycles. The number of hydrogen-bond acceptors (Lipinski definition) is 3. The summed E-state index contributed by atoms with van der Waals surface area (Å²) in [5, 5.41) is 0. The van der Waals surface area contributed by atoms with Gasteiger partial charge in [0.15, 0.2) is 0 Å². The van der Waals surface area contributed by atoms with E-state index in [0.29, 0.717) is 5.69 Å². The molecule has 0 aromatic carbocycles. The molecule has 1 aromatic heterocycles. The third-order valence-corrected chi connectivity index (χ3v) is 2.52. The first-order valence-electron chi connectivity index (χ1n) is 6.46. The summed E-state index contributed by atoms with van der Waals surface area (Å²) >= 11 is 0. The van der Waals surface area contributed by atoms with Gasteiger partial charge >= 0.3 is 12.3 Å². The normalized spacial score (nSPS) is 12.1. The summed E-state index contributed by atoms with van der Waals surface area (Å²) in [5.41, 5.74) is 0.0777. The minimum absolute atomic E-state index is 0.223. The van der Waals surface area contributed by atoms with Crippen molar-refractivity contribution in [2.75, 3.05) is 11.9 Å². The first-order valence-corrected chi connectivity index (χ1v) is 6.46. The van der Waals surface area contributed by atoms with Gasteiger partial charge < -0.3 is 4.74 Å². The van der Waals surface area contributed by atoms with E-state index in [9.17, 15) is 18.0 Å². The Morgan fingerprint density at radius 1 is 1.33 bits per heavy atom. The van der Waals surface area contributed by atoms with Crippen LogP contribution in [0.4, 0.5) is 23.7 Å². The number of aryl methyl sites for hydroxylation is 1. The fourth-order valence-electron chi connectivity index (χ4n) is 1.52. The van der Waals surface area contributed by atoms with Crippen LogP contribution in [0.3, 0.4) is 0 Å². The van der Waals surface area contributed by atoms with E-state index in [1.165, 1.54) is 24.2 Å². The summed E-state index contributed by atoms with van der Waals surface area (Å²) in [4.78, 5) is 17.0. The van der Waals surface area contributed by atoms with Crippen LogP contribution in [0.25, 0.3) is 0 Å². The minimum atomic E-state index is -4.23. The van der Waals surface area contributed by atoms with Crippen molar-refractivity contribution in [1.82, 2.24) is 4.98 Å². The molecule has 0 N–H and O–H groups in total. The highest BCUT2D eigenvalue weighted by atomic mass is 19.4. The topological polar surface area (TPSA) is 42.4 Å². The van der Waals surface area contributed by atoms with Crippen molar-refractivity contribution in [3.8, 4) is 0 Å². The second kappa shape index (κ2) is 6.32. The van der Waals surface area contributed by atoms with Gasteiger partial charge in [0, 0.05) is 25.4 Å². The number of carbonyl (C=O) groups excluding carboxylic acids is 1. The van der Waals surface area contributed by atoms with Crippen LogP contribution in [0, 0.1) is 0 Å². The zero-order valence-corrected chi connectivity index (χ0v) is 12.5. The van der Waals surface area contributed by atoms with Gasteiger partial charge in [-0.2, -0.15) is 13.2 Å². The molecule has 0 fully saturated rings. The van der Waals surface area contributed by atoms with Gasteiger partial charge in [-0.1, -0.05) is 0 Å². The Hall–Kier alpha value is -1.79. The van der Waals surface area contributed by atoms with Crippen LogP contribution < -0.4 is 4.90 Å². The number of amides is 1. The zero-order valence-electron chi connectivity index (χ0n) is 12.5. The van der Waals surface area contributed by atoms with Crippen molar-refractivity contribution in [3.63, 3.8) is 0 Å². The fourth-order valence-corrected chi connectivity index (χ4v) is 1.52. The van der Waals surface area contributed by atoms with Crippen molar-refractivity contribution < 1.29 is 22.7 Å². The minimum Gasteiger partial charge on any atom is -0.443 e. The van der Waals surface area contributed by atoms with Crippen LogP contribution in [0.15, 0.2) is 18.3 Å². The number of rotatable bonds is 3. The SMILES string of the molecule is CN(C(=O)OC(C)(C)C)c1ccnc(CCC(F)(F)F)c1. The predicted octanol–water partition coefficient (Wildman–Crippen LogP) is 3.95. The van der Waals surface area contributed by atoms with Gasteiger partial charge in [0.05, 0.1) is 5.69 Å². The van der Waals surface area contributed by atoms with Crippen molar-refractivity contribution in [2.45, 2.75) is 45.4 Å². The lowest BCUT2D eigenvalue weighted by molar-refractivity contribution is -0.134. The van der Waals surface area contributed by atoms with Crippen LogP contribution >= 0.6 is 0 Å². The van der Waals surface area contributed by atoms with Crippen LogP contribution in [-0.4, -0.2) is 29.9 Å². The average molecular weight is 304 g/mol. The van der Waals surface area contributed by atoms with E-state index in [0.717, 1.165) is 0 Å². The molecule has 1 rings (SSSR count). The highest BCUT2D eigenvalue weighted by molar-refractivity contribution is 5.87. The first-order chi connectivity index (χ1) is 9.48. The van der Waals surface area contributed by atoms with Gasteiger partial charge in [0.2, 0.25) is 0 Å². The number of halogens is 3. The molecule has 0 saturated heterocycles. The number of alkyl halides is 3. The molecule has 0 unspecified atom stereocenters. The molecule has 0 saturated carbocycles. The second-order valence-electron chi connectivity index (χ2n) is 5.66. The molecule has 0 atom stereocenters. The highest BCUT2D eigenvalue weighted by Crippen LogP contribution is 2.23. The van der Waals surface area contributed by atoms with E-state index < -0.39 is 24.3 Å². The summed E-state index contributed by atoms with van der Waals surface area (Å²) in [5.74, 6) is 0. The van der Waals surface area contributed by atoms with Crippen molar-refractivity contribution >= 4 is 11.8 Å². The van der Waals surface area contributed by atoms with Crippen molar-refractivity contribution in [3.05, 3.63) is 24.0 Å². The Morgan fingerprint density at radius 2 is 1.95 bits per heavy atom. The number of ether oxygens (including phenoxy) is 1. The Labute approximate surface area is 121 Å². The first kappa shape index (κ1) is 17.3. The number of carbonyl (C=O) groups is 1. The van der Waals surface area contributed by atoms with Crippen LogP contribution in [0.2, 0.25) is 0 Å². The van der Waals surface area contributed by atoms with Gasteiger partial charge in [0.25, 0.3) is 0 Å². The maximum absolute atomic E-state index is 12.2. The molecule has 0 spiro atoms. The van der Waals surface area contributed by atoms with Crippen molar-refractivity contribution in [2.24, 2.45) is 0 Å². The fraction of sp³-hybridized carbons (Fsp3) is 0.571. The lowest BCUT2D eigenvalue weighted by atomic mass is 10.2. The number of hydrogen-bond donors (Lipinski definition) is 0. The molecule has 1 heterocycles. The maximum atomic E-state index is 12.2. The van der Waals surface area contributed by atoms with Crippen LogP contribution in [0.5, 0.6) is 0 Å². The predicted molar refractivity (Wildman–Crippen MR) is 73.3 cm³/mol. The van der Waals surface area contributed by atoms with E-state index in [1.807, 2.05) is 0 Å². The molecular weight excluding hydrogens is 285 g/mol. The summed E-state index contributed by atoms with van der Waals surface area (Å²) in [6, 6.07) is 3.00. The number of nitrogens with zero attached hydrogens (tertiary/aromatic N) is 2. The molecule has 0 radical (unpaired) electrons. The van der Waals surface area contributed by atoms with Gasteiger partial charge in [-0.05, 0) is 39.3 Å². The molecule has 0 aliphatic carbocycles. The zero-order chi connectivity index (χ0) is 16.3. The molecule has 21 heavy (non-hydrogen) atoms. The maximum Gasteiger partial charge on any atom is 0.414 e. The van der Waals surface area contributed by atoms with Gasteiger partial charge in [-0.25, -0.2) is 4.79 Å². The number of pyridine rings is 1. The van der Waals surface area contributed by atoms with E-state index in [-0.39, 0.29) is 12.1 Å². The summed E-state index contributed by atoms with van der Waals surface area (Å²) in [6.45, 7) is 5.21. The molecular formula is C14H19F3N2O2. The van der Waals surface area contributed by atoms with E-state index in [2.05, 4.69) is 4.98 Å². The molecule has 0 bridgehead atoms. The molecule has 7 heteroatoms. The van der Waals surface area contributed by atoms with Gasteiger partial charge in [-0.15, -0.1) is 0 Å². The summed E-state index contributed by atoms with van der Waals surface area (Å²) < 4.78 is 41.8. The quantitative estimate of drug-likeness (QED) is 0.849. The van der Waals surface area contributed by atoms with Crippen molar-refractivity contribution in [1.29, 1.82) is 0 Å². The monoisotopic (exact) mass is 304 g/mol. The van der Waals surface area contributed by atoms with E-state index >= 15 is 0 Å². The summed E-state index contributed by atoms with van der Waals surface area (Å²) in [7, 11) is 1.50. The van der Waals surface area contributed by atoms with E-state index in [4.69, 9.17) is 4.74 Å². The molecule has 1 amide bonds. The molecule has 1 aromatic rings. The third kappa shape index (κ3) is 6.46.